The molecule has 2 N–H and O–H groups in total. The number of nitrogens with one attached hydrogen (secondary N) is 1. The van der Waals surface area contributed by atoms with Crippen LogP contribution in [0.1, 0.15) is 13.3 Å². The molecule has 0 radical (unpaired) electrons. The molecule has 16 heavy (non-hydrogen) atoms. The second kappa shape index (κ2) is 4.69. The summed E-state index contributed by atoms with van der Waals surface area (Å²) in [4.78, 5) is 4.19. The molecule has 88 valence electrons. The molecule has 0 saturated carbocycles. The van der Waals surface area contributed by atoms with Crippen molar-refractivity contribution in [2.24, 2.45) is 0 Å². The molecule has 1 fully saturated rings. The van der Waals surface area contributed by atoms with Gasteiger partial charge in [-0.25, -0.2) is 4.98 Å². The Bertz CT molecular complexity index is 375. The van der Waals surface area contributed by atoms with Crippen molar-refractivity contribution >= 4 is 21.7 Å². The summed E-state index contributed by atoms with van der Waals surface area (Å²) in [6.45, 7) is 2.95. The summed E-state index contributed by atoms with van der Waals surface area (Å²) in [6, 6.07) is 3.76. The number of ether oxygens (including phenoxy) is 1. The summed E-state index contributed by atoms with van der Waals surface area (Å²) in [5.74, 6) is 0.745. The van der Waals surface area contributed by atoms with Crippen LogP contribution in [-0.2, 0) is 4.74 Å². The Morgan fingerprint density at radius 3 is 3.19 bits per heavy atom. The molecule has 0 bridgehead atoms. The first-order chi connectivity index (χ1) is 7.62. The monoisotopic (exact) mass is 286 g/mol. The van der Waals surface area contributed by atoms with Gasteiger partial charge in [-0.3, -0.25) is 0 Å². The van der Waals surface area contributed by atoms with Crippen LogP contribution in [0.5, 0.6) is 0 Å². The highest BCUT2D eigenvalue weighted by Gasteiger charge is 2.39. The highest BCUT2D eigenvalue weighted by Crippen LogP contribution is 2.27. The van der Waals surface area contributed by atoms with Crippen LogP contribution in [0.25, 0.3) is 0 Å². The van der Waals surface area contributed by atoms with Crippen molar-refractivity contribution in [2.75, 3.05) is 18.5 Å². The lowest BCUT2D eigenvalue weighted by Gasteiger charge is -2.26. The number of pyridine rings is 1. The first-order valence-corrected chi connectivity index (χ1v) is 6.09. The zero-order valence-electron chi connectivity index (χ0n) is 9.11. The predicted molar refractivity (Wildman–Crippen MR) is 65.4 cm³/mol. The zero-order valence-corrected chi connectivity index (χ0v) is 10.7. The summed E-state index contributed by atoms with van der Waals surface area (Å²) in [7, 11) is 0. The number of aliphatic hydroxyl groups is 1. The molecule has 1 aliphatic heterocycles. The van der Waals surface area contributed by atoms with Gasteiger partial charge in [-0.1, -0.05) is 0 Å². The largest absolute Gasteiger partial charge is 0.385 e. The molecule has 1 saturated heterocycles. The second-order valence-corrected chi connectivity index (χ2v) is 4.91. The van der Waals surface area contributed by atoms with Crippen LogP contribution >= 0.6 is 15.9 Å². The van der Waals surface area contributed by atoms with E-state index < -0.39 is 5.60 Å². The highest BCUT2D eigenvalue weighted by atomic mass is 79.9. The Morgan fingerprint density at radius 1 is 1.75 bits per heavy atom. The maximum Gasteiger partial charge on any atom is 0.140 e. The molecule has 0 spiro atoms. The third kappa shape index (κ3) is 2.36. The van der Waals surface area contributed by atoms with Crippen LogP contribution in [0.15, 0.2) is 22.8 Å². The van der Waals surface area contributed by atoms with Gasteiger partial charge >= 0.3 is 0 Å². The number of halogens is 1. The average molecular weight is 287 g/mol. The summed E-state index contributed by atoms with van der Waals surface area (Å²) in [5, 5.41) is 13.4. The normalized spacial score (nSPS) is 29.3. The van der Waals surface area contributed by atoms with Crippen LogP contribution in [0, 0.1) is 0 Å². The standard InChI is InChI=1S/C11H15BrN2O2/c1-8-11(15,4-6-16-8)7-14-10-9(12)3-2-5-13-10/h2-3,5,8,15H,4,6-7H2,1H3,(H,13,14). The van der Waals surface area contributed by atoms with Crippen molar-refractivity contribution in [3.8, 4) is 0 Å². The van der Waals surface area contributed by atoms with Gasteiger partial charge in [0.2, 0.25) is 0 Å². The van der Waals surface area contributed by atoms with Crippen molar-refractivity contribution < 1.29 is 9.84 Å². The molecule has 5 heteroatoms. The maximum atomic E-state index is 10.3. The van der Waals surface area contributed by atoms with E-state index in [1.807, 2.05) is 19.1 Å². The number of rotatable bonds is 3. The Morgan fingerprint density at radius 2 is 2.56 bits per heavy atom. The molecule has 2 atom stereocenters. The van der Waals surface area contributed by atoms with Crippen molar-refractivity contribution in [3.05, 3.63) is 22.8 Å². The lowest BCUT2D eigenvalue weighted by molar-refractivity contribution is -0.0176. The molecule has 4 nitrogen and oxygen atoms in total. The van der Waals surface area contributed by atoms with Crippen molar-refractivity contribution in [3.63, 3.8) is 0 Å². The number of hydrogen-bond donors (Lipinski definition) is 2. The first kappa shape index (κ1) is 11.8. The first-order valence-electron chi connectivity index (χ1n) is 5.30. The van der Waals surface area contributed by atoms with Gasteiger partial charge in [0, 0.05) is 25.8 Å². The van der Waals surface area contributed by atoms with Gasteiger partial charge in [0.05, 0.1) is 10.6 Å². The van der Waals surface area contributed by atoms with Gasteiger partial charge in [0.25, 0.3) is 0 Å². The molecule has 1 aromatic heterocycles. The van der Waals surface area contributed by atoms with E-state index in [-0.39, 0.29) is 6.10 Å². The number of nitrogens with zero attached hydrogens (tertiary/aromatic N) is 1. The molecule has 1 aliphatic rings. The Hall–Kier alpha value is -0.650. The van der Waals surface area contributed by atoms with E-state index in [0.717, 1.165) is 10.3 Å². The Labute approximate surface area is 103 Å². The number of anilines is 1. The predicted octanol–water partition coefficient (Wildman–Crippen LogP) is 1.80. The van der Waals surface area contributed by atoms with Crippen LogP contribution in [0.4, 0.5) is 5.82 Å². The summed E-state index contributed by atoms with van der Waals surface area (Å²) < 4.78 is 6.26. The molecular weight excluding hydrogens is 272 g/mol. The zero-order chi connectivity index (χ0) is 11.6. The van der Waals surface area contributed by atoms with E-state index >= 15 is 0 Å². The summed E-state index contributed by atoms with van der Waals surface area (Å²) in [5.41, 5.74) is -0.795. The number of hydrogen-bond acceptors (Lipinski definition) is 4. The minimum atomic E-state index is -0.795. The van der Waals surface area contributed by atoms with E-state index in [1.54, 1.807) is 6.20 Å². The topological polar surface area (TPSA) is 54.4 Å². The van der Waals surface area contributed by atoms with E-state index in [4.69, 9.17) is 4.74 Å². The SMILES string of the molecule is CC1OCCC1(O)CNc1ncccc1Br. The molecular formula is C11H15BrN2O2. The molecule has 2 heterocycles. The van der Waals surface area contributed by atoms with Gasteiger partial charge in [-0.15, -0.1) is 0 Å². The molecule has 0 aromatic carbocycles. The Kier molecular flexibility index (Phi) is 3.47. The lowest BCUT2D eigenvalue weighted by atomic mass is 9.97. The van der Waals surface area contributed by atoms with Crippen LogP contribution in [-0.4, -0.2) is 34.9 Å². The smallest absolute Gasteiger partial charge is 0.140 e. The van der Waals surface area contributed by atoms with Crippen molar-refractivity contribution in [2.45, 2.75) is 25.0 Å². The minimum Gasteiger partial charge on any atom is -0.385 e. The van der Waals surface area contributed by atoms with Crippen molar-refractivity contribution in [1.82, 2.24) is 4.98 Å². The fraction of sp³-hybridized carbons (Fsp3) is 0.545. The summed E-state index contributed by atoms with van der Waals surface area (Å²) >= 11 is 3.40. The molecule has 1 aromatic rings. The van der Waals surface area contributed by atoms with Gasteiger partial charge in [-0.2, -0.15) is 0 Å². The molecule has 0 aliphatic carbocycles. The van der Waals surface area contributed by atoms with Crippen molar-refractivity contribution in [1.29, 1.82) is 0 Å². The third-order valence-electron chi connectivity index (χ3n) is 2.98. The van der Waals surface area contributed by atoms with E-state index in [0.29, 0.717) is 19.6 Å². The van der Waals surface area contributed by atoms with Gasteiger partial charge in [-0.05, 0) is 35.0 Å². The second-order valence-electron chi connectivity index (χ2n) is 4.05. The molecule has 2 unspecified atom stereocenters. The lowest BCUT2D eigenvalue weighted by Crippen LogP contribution is -2.43. The Balaban J connectivity index is 2.00. The van der Waals surface area contributed by atoms with Crippen LogP contribution in [0.3, 0.4) is 0 Å². The maximum absolute atomic E-state index is 10.3. The third-order valence-corrected chi connectivity index (χ3v) is 3.62. The summed E-state index contributed by atoms with van der Waals surface area (Å²) in [6.07, 6.45) is 2.24. The van der Waals surface area contributed by atoms with Gasteiger partial charge < -0.3 is 15.2 Å². The van der Waals surface area contributed by atoms with E-state index in [1.165, 1.54) is 0 Å². The average Bonchev–Trinajstić information content (AvgIpc) is 2.59. The molecule has 0 amide bonds. The highest BCUT2D eigenvalue weighted by molar-refractivity contribution is 9.10. The van der Waals surface area contributed by atoms with Crippen LogP contribution < -0.4 is 5.32 Å². The minimum absolute atomic E-state index is 0.137. The van der Waals surface area contributed by atoms with Gasteiger partial charge in [0.1, 0.15) is 11.4 Å². The van der Waals surface area contributed by atoms with Gasteiger partial charge in [0.15, 0.2) is 0 Å². The molecule has 2 rings (SSSR count). The van der Waals surface area contributed by atoms with Crippen LogP contribution in [0.2, 0.25) is 0 Å². The quantitative estimate of drug-likeness (QED) is 0.890. The van der Waals surface area contributed by atoms with E-state index in [9.17, 15) is 5.11 Å². The fourth-order valence-electron chi connectivity index (χ4n) is 1.76. The number of aromatic nitrogens is 1. The van der Waals surface area contributed by atoms with E-state index in [2.05, 4.69) is 26.2 Å². The fourth-order valence-corrected chi connectivity index (χ4v) is 2.15.